The molecule has 0 saturated carbocycles. The van der Waals surface area contributed by atoms with Gasteiger partial charge in [0.15, 0.2) is 0 Å². The fourth-order valence-electron chi connectivity index (χ4n) is 1.12. The van der Waals surface area contributed by atoms with E-state index in [9.17, 15) is 0 Å². The Morgan fingerprint density at radius 2 is 2.08 bits per heavy atom. The Balaban J connectivity index is 2.17. The van der Waals surface area contributed by atoms with E-state index in [1.54, 1.807) is 0 Å². The van der Waals surface area contributed by atoms with Crippen molar-refractivity contribution in [2.45, 2.75) is 12.8 Å². The van der Waals surface area contributed by atoms with Gasteiger partial charge in [0.25, 0.3) is 0 Å². The zero-order chi connectivity index (χ0) is 9.36. The molecule has 0 N–H and O–H groups in total. The number of aryl methyl sites for hydroxylation is 1. The lowest BCUT2D eigenvalue weighted by Crippen LogP contribution is -1.91. The fraction of sp³-hybridized carbons (Fsp3) is 0.250. The third-order valence-electron chi connectivity index (χ3n) is 1.74. The van der Waals surface area contributed by atoms with E-state index in [0.717, 1.165) is 19.4 Å². The van der Waals surface area contributed by atoms with Gasteiger partial charge < -0.3 is 4.74 Å². The molecule has 1 heteroatoms. The predicted octanol–water partition coefficient (Wildman–Crippen LogP) is 2.93. The van der Waals surface area contributed by atoms with Crippen LogP contribution < -0.4 is 0 Å². The van der Waals surface area contributed by atoms with E-state index in [-0.39, 0.29) is 0 Å². The summed E-state index contributed by atoms with van der Waals surface area (Å²) in [6.07, 6.45) is 3.60. The Morgan fingerprint density at radius 1 is 1.31 bits per heavy atom. The lowest BCUT2D eigenvalue weighted by Gasteiger charge is -2.00. The maximum atomic E-state index is 5.11. The first-order valence-corrected chi connectivity index (χ1v) is 4.43. The molecule has 0 aromatic heterocycles. The third kappa shape index (κ3) is 4.19. The number of hydrogen-bond donors (Lipinski definition) is 0. The molecular weight excluding hydrogens is 160 g/mol. The van der Waals surface area contributed by atoms with Crippen molar-refractivity contribution in [2.75, 3.05) is 6.61 Å². The molecule has 68 valence electrons. The van der Waals surface area contributed by atoms with Crippen LogP contribution in [0.3, 0.4) is 0 Å². The molecule has 13 heavy (non-hydrogen) atoms. The van der Waals surface area contributed by atoms with Gasteiger partial charge in [-0.1, -0.05) is 42.6 Å². The van der Waals surface area contributed by atoms with E-state index in [4.69, 9.17) is 4.74 Å². The van der Waals surface area contributed by atoms with Crippen LogP contribution in [0.4, 0.5) is 0 Å². The average molecular weight is 174 g/mol. The Hall–Kier alpha value is -1.46. The van der Waals surface area contributed by atoms with Gasteiger partial charge in [-0.05, 0) is 18.4 Å². The molecule has 0 fully saturated rings. The summed E-state index contributed by atoms with van der Waals surface area (Å²) in [5, 5.41) is 0. The van der Waals surface area contributed by atoms with Crippen molar-refractivity contribution in [3.63, 3.8) is 0 Å². The molecule has 1 rings (SSSR count). The predicted molar refractivity (Wildman–Crippen MR) is 54.4 cm³/mol. The van der Waals surface area contributed by atoms with Gasteiger partial charge in [-0.15, -0.1) is 0 Å². The Kier molecular flexibility index (Phi) is 4.52. The van der Waals surface area contributed by atoms with Crippen LogP contribution in [-0.2, 0) is 11.2 Å². The first kappa shape index (κ1) is 9.63. The highest BCUT2D eigenvalue weighted by atomic mass is 16.5. The van der Waals surface area contributed by atoms with Crippen LogP contribution in [0, 0.1) is 0 Å². The summed E-state index contributed by atoms with van der Waals surface area (Å²) in [6.45, 7) is 4.14. The molecule has 0 aliphatic heterocycles. The van der Waals surface area contributed by atoms with Crippen molar-refractivity contribution in [1.29, 1.82) is 0 Å². The van der Waals surface area contributed by atoms with E-state index in [0.29, 0.717) is 0 Å². The van der Waals surface area contributed by atoms with E-state index >= 15 is 0 Å². The summed E-state index contributed by atoms with van der Waals surface area (Å²) in [5.74, 6) is 0. The maximum Gasteiger partial charge on any atom is 0.124 e. The standard InChI is InChI=1S/C12H14O/c1-2-10-13-11-6-9-12-7-4-3-5-8-12/h3-5,7-8,10H,1,6,9,11H2. The molecule has 0 heterocycles. The lowest BCUT2D eigenvalue weighted by molar-refractivity contribution is 0.245. The largest absolute Gasteiger partial charge is 0.493 e. The minimum Gasteiger partial charge on any atom is -0.493 e. The quantitative estimate of drug-likeness (QED) is 0.379. The van der Waals surface area contributed by atoms with E-state index in [1.165, 1.54) is 11.8 Å². The van der Waals surface area contributed by atoms with Gasteiger partial charge in [0.05, 0.1) is 6.61 Å². The maximum absolute atomic E-state index is 5.11. The zero-order valence-electron chi connectivity index (χ0n) is 7.70. The molecule has 0 amide bonds. The minimum absolute atomic E-state index is 0.734. The van der Waals surface area contributed by atoms with Crippen LogP contribution in [0.5, 0.6) is 0 Å². The van der Waals surface area contributed by atoms with Gasteiger partial charge >= 0.3 is 0 Å². The SMILES string of the molecule is C=C=COCCCc1ccccc1. The van der Waals surface area contributed by atoms with E-state index in [1.807, 2.05) is 6.07 Å². The molecule has 0 aliphatic carbocycles. The van der Waals surface area contributed by atoms with Crippen LogP contribution in [-0.4, -0.2) is 6.61 Å². The summed E-state index contributed by atoms with van der Waals surface area (Å²) in [7, 11) is 0. The van der Waals surface area contributed by atoms with Gasteiger partial charge in [-0.2, -0.15) is 0 Å². The summed E-state index contributed by atoms with van der Waals surface area (Å²) in [6, 6.07) is 10.4. The van der Waals surface area contributed by atoms with Gasteiger partial charge in [0.2, 0.25) is 0 Å². The summed E-state index contributed by atoms with van der Waals surface area (Å²) >= 11 is 0. The normalized spacial score (nSPS) is 8.92. The Labute approximate surface area is 79.4 Å². The molecule has 0 radical (unpaired) electrons. The molecule has 0 spiro atoms. The number of rotatable bonds is 5. The Bertz CT molecular complexity index is 270. The van der Waals surface area contributed by atoms with Crippen LogP contribution in [0.15, 0.2) is 48.9 Å². The second kappa shape index (κ2) is 6.10. The van der Waals surface area contributed by atoms with E-state index in [2.05, 4.69) is 36.6 Å². The van der Waals surface area contributed by atoms with Crippen LogP contribution >= 0.6 is 0 Å². The van der Waals surface area contributed by atoms with Gasteiger partial charge in [-0.25, -0.2) is 0 Å². The lowest BCUT2D eigenvalue weighted by atomic mass is 10.1. The monoisotopic (exact) mass is 174 g/mol. The van der Waals surface area contributed by atoms with E-state index < -0.39 is 0 Å². The smallest absolute Gasteiger partial charge is 0.124 e. The summed E-state index contributed by atoms with van der Waals surface area (Å²) in [5.41, 5.74) is 3.92. The second-order valence-corrected chi connectivity index (χ2v) is 2.78. The highest BCUT2D eigenvalue weighted by Crippen LogP contribution is 2.02. The van der Waals surface area contributed by atoms with Crippen molar-refractivity contribution in [3.8, 4) is 0 Å². The minimum atomic E-state index is 0.734. The summed E-state index contributed by atoms with van der Waals surface area (Å²) < 4.78 is 5.11. The molecule has 0 unspecified atom stereocenters. The van der Waals surface area contributed by atoms with Crippen LogP contribution in [0.1, 0.15) is 12.0 Å². The fourth-order valence-corrected chi connectivity index (χ4v) is 1.12. The second-order valence-electron chi connectivity index (χ2n) is 2.78. The van der Waals surface area contributed by atoms with Crippen molar-refractivity contribution < 1.29 is 4.74 Å². The first-order valence-electron chi connectivity index (χ1n) is 4.43. The first-order chi connectivity index (χ1) is 6.43. The molecule has 0 atom stereocenters. The van der Waals surface area contributed by atoms with Crippen molar-refractivity contribution >= 4 is 0 Å². The number of benzene rings is 1. The van der Waals surface area contributed by atoms with Gasteiger partial charge in [0, 0.05) is 0 Å². The molecule has 1 nitrogen and oxygen atoms in total. The van der Waals surface area contributed by atoms with Crippen molar-refractivity contribution in [3.05, 3.63) is 54.5 Å². The molecule has 0 saturated heterocycles. The highest BCUT2D eigenvalue weighted by molar-refractivity contribution is 5.14. The van der Waals surface area contributed by atoms with Gasteiger partial charge in [0.1, 0.15) is 6.26 Å². The topological polar surface area (TPSA) is 9.23 Å². The zero-order valence-corrected chi connectivity index (χ0v) is 7.70. The third-order valence-corrected chi connectivity index (χ3v) is 1.74. The van der Waals surface area contributed by atoms with Crippen molar-refractivity contribution in [1.82, 2.24) is 0 Å². The number of hydrogen-bond acceptors (Lipinski definition) is 1. The number of ether oxygens (including phenoxy) is 1. The van der Waals surface area contributed by atoms with Crippen LogP contribution in [0.25, 0.3) is 0 Å². The van der Waals surface area contributed by atoms with Crippen LogP contribution in [0.2, 0.25) is 0 Å². The average Bonchev–Trinajstić information content (AvgIpc) is 2.19. The molecule has 0 bridgehead atoms. The highest BCUT2D eigenvalue weighted by Gasteiger charge is 1.90. The van der Waals surface area contributed by atoms with Gasteiger partial charge in [-0.3, -0.25) is 0 Å². The Morgan fingerprint density at radius 3 is 2.77 bits per heavy atom. The van der Waals surface area contributed by atoms with Crippen molar-refractivity contribution in [2.24, 2.45) is 0 Å². The molecule has 1 aromatic carbocycles. The molecular formula is C12H14O. The molecule has 1 aromatic rings. The molecule has 0 aliphatic rings. The summed E-state index contributed by atoms with van der Waals surface area (Å²) in [4.78, 5) is 0.